The molecule has 0 bridgehead atoms. The molecule has 10 heavy (non-hydrogen) atoms. The van der Waals surface area contributed by atoms with Gasteiger partial charge in [0, 0.05) is 18.3 Å². The van der Waals surface area contributed by atoms with Crippen molar-refractivity contribution in [2.75, 3.05) is 25.1 Å². The van der Waals surface area contributed by atoms with Crippen LogP contribution in [0.15, 0.2) is 12.7 Å². The van der Waals surface area contributed by atoms with E-state index < -0.39 is 0 Å². The number of rotatable bonds is 3. The number of hydrogen-bond acceptors (Lipinski definition) is 2. The van der Waals surface area contributed by atoms with E-state index in [-0.39, 0.29) is 0 Å². The van der Waals surface area contributed by atoms with E-state index in [9.17, 15) is 0 Å². The van der Waals surface area contributed by atoms with Crippen LogP contribution in [0.4, 0.5) is 0 Å². The topological polar surface area (TPSA) is 3.24 Å². The van der Waals surface area contributed by atoms with E-state index in [0.29, 0.717) is 0 Å². The van der Waals surface area contributed by atoms with E-state index in [4.69, 9.17) is 0 Å². The third kappa shape index (κ3) is 2.03. The Morgan fingerprint density at radius 1 is 1.80 bits per heavy atom. The Labute approximate surface area is 67.5 Å². The number of hydrogen-bond donors (Lipinski definition) is 0. The second kappa shape index (κ2) is 4.04. The molecule has 1 rings (SSSR count). The summed E-state index contributed by atoms with van der Waals surface area (Å²) in [6.45, 7) is 4.76. The Morgan fingerprint density at radius 3 is 3.10 bits per heavy atom. The predicted octanol–water partition coefficient (Wildman–Crippen LogP) is 1.61. The van der Waals surface area contributed by atoms with Crippen molar-refractivity contribution < 1.29 is 0 Å². The summed E-state index contributed by atoms with van der Waals surface area (Å²) in [5, 5.41) is 0. The minimum absolute atomic E-state index is 0.808. The zero-order valence-electron chi connectivity index (χ0n) is 6.55. The standard InChI is InChI=1S/C8H15NS/c1-3-5-9(2)8-4-6-10-7-8/h3,8H,1,4-7H2,2H3/t8-/m0/s1. The van der Waals surface area contributed by atoms with Gasteiger partial charge in [-0.2, -0.15) is 11.8 Å². The minimum Gasteiger partial charge on any atom is -0.299 e. The average molecular weight is 157 g/mol. The van der Waals surface area contributed by atoms with Crippen molar-refractivity contribution in [1.82, 2.24) is 4.90 Å². The maximum absolute atomic E-state index is 3.72. The van der Waals surface area contributed by atoms with Gasteiger partial charge in [-0.3, -0.25) is 4.90 Å². The van der Waals surface area contributed by atoms with Crippen LogP contribution in [0, 0.1) is 0 Å². The van der Waals surface area contributed by atoms with Crippen LogP contribution in [0.3, 0.4) is 0 Å². The number of likely N-dealkylation sites (N-methyl/N-ethyl adjacent to an activating group) is 1. The largest absolute Gasteiger partial charge is 0.299 e. The Bertz CT molecular complexity index is 108. The number of thioether (sulfide) groups is 1. The summed E-state index contributed by atoms with van der Waals surface area (Å²) in [7, 11) is 2.18. The van der Waals surface area contributed by atoms with Gasteiger partial charge in [0.25, 0.3) is 0 Å². The first-order valence-electron chi connectivity index (χ1n) is 3.73. The van der Waals surface area contributed by atoms with Gasteiger partial charge in [-0.25, -0.2) is 0 Å². The summed E-state index contributed by atoms with van der Waals surface area (Å²) in [5.74, 6) is 2.65. The second-order valence-corrected chi connectivity index (χ2v) is 3.90. The highest BCUT2D eigenvalue weighted by Gasteiger charge is 2.18. The molecule has 1 aliphatic heterocycles. The van der Waals surface area contributed by atoms with Crippen LogP contribution in [-0.2, 0) is 0 Å². The molecule has 0 saturated carbocycles. The van der Waals surface area contributed by atoms with Gasteiger partial charge in [-0.05, 0) is 19.2 Å². The molecule has 1 atom stereocenters. The molecule has 0 aromatic rings. The van der Waals surface area contributed by atoms with Gasteiger partial charge in [0.05, 0.1) is 0 Å². The Balaban J connectivity index is 2.24. The molecular weight excluding hydrogens is 142 g/mol. The molecule has 0 amide bonds. The molecule has 58 valence electrons. The fourth-order valence-corrected chi connectivity index (χ4v) is 2.52. The average Bonchev–Trinajstić information content (AvgIpc) is 2.38. The van der Waals surface area contributed by atoms with Crippen molar-refractivity contribution in [2.45, 2.75) is 12.5 Å². The van der Waals surface area contributed by atoms with Crippen LogP contribution >= 0.6 is 11.8 Å². The molecule has 0 unspecified atom stereocenters. The van der Waals surface area contributed by atoms with E-state index >= 15 is 0 Å². The molecule has 1 nitrogen and oxygen atoms in total. The highest BCUT2D eigenvalue weighted by Crippen LogP contribution is 2.20. The molecule has 1 heterocycles. The zero-order valence-corrected chi connectivity index (χ0v) is 7.36. The van der Waals surface area contributed by atoms with Crippen LogP contribution in [-0.4, -0.2) is 36.0 Å². The van der Waals surface area contributed by atoms with Gasteiger partial charge >= 0.3 is 0 Å². The lowest BCUT2D eigenvalue weighted by Gasteiger charge is -2.21. The van der Waals surface area contributed by atoms with E-state index in [1.165, 1.54) is 17.9 Å². The van der Waals surface area contributed by atoms with Crippen molar-refractivity contribution in [3.63, 3.8) is 0 Å². The monoisotopic (exact) mass is 157 g/mol. The molecular formula is C8H15NS. The molecule has 1 aliphatic rings. The van der Waals surface area contributed by atoms with Gasteiger partial charge in [0.2, 0.25) is 0 Å². The van der Waals surface area contributed by atoms with Crippen LogP contribution in [0.2, 0.25) is 0 Å². The van der Waals surface area contributed by atoms with Gasteiger partial charge in [-0.15, -0.1) is 6.58 Å². The maximum atomic E-state index is 3.72. The lowest BCUT2D eigenvalue weighted by atomic mass is 10.2. The fraction of sp³-hybridized carbons (Fsp3) is 0.750. The summed E-state index contributed by atoms with van der Waals surface area (Å²) in [5.41, 5.74) is 0. The Morgan fingerprint density at radius 2 is 2.60 bits per heavy atom. The molecule has 0 radical (unpaired) electrons. The number of nitrogens with zero attached hydrogens (tertiary/aromatic N) is 1. The minimum atomic E-state index is 0.808. The maximum Gasteiger partial charge on any atom is 0.0194 e. The highest BCUT2D eigenvalue weighted by atomic mass is 32.2. The molecule has 1 fully saturated rings. The predicted molar refractivity (Wildman–Crippen MR) is 48.6 cm³/mol. The van der Waals surface area contributed by atoms with Gasteiger partial charge in [-0.1, -0.05) is 6.08 Å². The van der Waals surface area contributed by atoms with Gasteiger partial charge in [0.15, 0.2) is 0 Å². The van der Waals surface area contributed by atoms with Crippen molar-refractivity contribution in [3.05, 3.63) is 12.7 Å². The molecule has 0 aromatic carbocycles. The van der Waals surface area contributed by atoms with Crippen LogP contribution in [0.1, 0.15) is 6.42 Å². The summed E-state index contributed by atoms with van der Waals surface area (Å²) >= 11 is 2.06. The van der Waals surface area contributed by atoms with Crippen molar-refractivity contribution in [1.29, 1.82) is 0 Å². The SMILES string of the molecule is C=CCN(C)[C@H]1CCSC1. The second-order valence-electron chi connectivity index (χ2n) is 2.75. The third-order valence-corrected chi connectivity index (χ3v) is 3.09. The van der Waals surface area contributed by atoms with Crippen LogP contribution in [0.5, 0.6) is 0 Å². The Hall–Kier alpha value is 0.0500. The molecule has 0 spiro atoms. The van der Waals surface area contributed by atoms with E-state index in [1.54, 1.807) is 0 Å². The first-order chi connectivity index (χ1) is 4.84. The van der Waals surface area contributed by atoms with Crippen molar-refractivity contribution >= 4 is 11.8 Å². The lowest BCUT2D eigenvalue weighted by molar-refractivity contribution is 0.290. The quantitative estimate of drug-likeness (QED) is 0.573. The summed E-state index contributed by atoms with van der Waals surface area (Å²) in [6.07, 6.45) is 3.33. The van der Waals surface area contributed by atoms with Crippen LogP contribution in [0.25, 0.3) is 0 Å². The molecule has 0 aromatic heterocycles. The first kappa shape index (κ1) is 8.15. The normalized spacial score (nSPS) is 25.6. The fourth-order valence-electron chi connectivity index (χ4n) is 1.22. The molecule has 0 aliphatic carbocycles. The lowest BCUT2D eigenvalue weighted by Crippen LogP contribution is -2.31. The first-order valence-corrected chi connectivity index (χ1v) is 4.89. The van der Waals surface area contributed by atoms with Gasteiger partial charge in [0.1, 0.15) is 0 Å². The summed E-state index contributed by atoms with van der Waals surface area (Å²) in [6, 6.07) is 0.808. The van der Waals surface area contributed by atoms with Crippen molar-refractivity contribution in [3.8, 4) is 0 Å². The van der Waals surface area contributed by atoms with E-state index in [0.717, 1.165) is 12.6 Å². The van der Waals surface area contributed by atoms with Gasteiger partial charge < -0.3 is 0 Å². The Kier molecular flexibility index (Phi) is 3.29. The van der Waals surface area contributed by atoms with E-state index in [2.05, 4.69) is 30.3 Å². The summed E-state index contributed by atoms with van der Waals surface area (Å²) in [4.78, 5) is 2.38. The third-order valence-electron chi connectivity index (χ3n) is 1.95. The van der Waals surface area contributed by atoms with Crippen molar-refractivity contribution in [2.24, 2.45) is 0 Å². The van der Waals surface area contributed by atoms with E-state index in [1.807, 2.05) is 6.08 Å². The smallest absolute Gasteiger partial charge is 0.0194 e. The molecule has 1 saturated heterocycles. The molecule has 0 N–H and O–H groups in total. The summed E-state index contributed by atoms with van der Waals surface area (Å²) < 4.78 is 0. The van der Waals surface area contributed by atoms with Crippen LogP contribution < -0.4 is 0 Å². The molecule has 2 heteroatoms. The highest BCUT2D eigenvalue weighted by molar-refractivity contribution is 7.99. The zero-order chi connectivity index (χ0) is 7.40.